The maximum absolute atomic E-state index is 12.2. The van der Waals surface area contributed by atoms with E-state index in [-0.39, 0.29) is 16.0 Å². The van der Waals surface area contributed by atoms with Gasteiger partial charge in [-0.15, -0.1) is 0 Å². The lowest BCUT2D eigenvalue weighted by atomic mass is 10.3. The highest BCUT2D eigenvalue weighted by atomic mass is 79.9. The van der Waals surface area contributed by atoms with Crippen LogP contribution in [0.15, 0.2) is 10.7 Å². The minimum absolute atomic E-state index is 0.0231. The van der Waals surface area contributed by atoms with Gasteiger partial charge in [0.1, 0.15) is 5.69 Å². The molecule has 0 aliphatic carbocycles. The van der Waals surface area contributed by atoms with Gasteiger partial charge >= 0.3 is 0 Å². The molecule has 0 aliphatic heterocycles. The summed E-state index contributed by atoms with van der Waals surface area (Å²) in [6, 6.07) is 0. The average Bonchev–Trinajstić information content (AvgIpc) is 2.04. The van der Waals surface area contributed by atoms with Crippen LogP contribution < -0.4 is 4.74 Å². The van der Waals surface area contributed by atoms with E-state index in [4.69, 9.17) is 9.84 Å². The molecule has 0 spiro atoms. The zero-order valence-electron chi connectivity index (χ0n) is 6.59. The number of rotatable bonds is 2. The van der Waals surface area contributed by atoms with E-state index >= 15 is 0 Å². The second-order valence-corrected chi connectivity index (χ2v) is 2.97. The summed E-state index contributed by atoms with van der Waals surface area (Å²) >= 11 is 2.87. The normalized spacial score (nSPS) is 10.5. The van der Waals surface area contributed by atoms with Gasteiger partial charge in [-0.2, -0.15) is 0 Å². The Morgan fingerprint density at radius 2 is 2.23 bits per heavy atom. The van der Waals surface area contributed by atoms with Gasteiger partial charge in [0, 0.05) is 0 Å². The largest absolute Gasteiger partial charge is 0.503 e. The van der Waals surface area contributed by atoms with Crippen molar-refractivity contribution in [3.05, 3.63) is 16.4 Å². The number of alkyl halides is 2. The fourth-order valence-corrected chi connectivity index (χ4v) is 1.46. The Balaban J connectivity index is 3.27. The van der Waals surface area contributed by atoms with Gasteiger partial charge in [-0.1, -0.05) is 0 Å². The molecule has 1 aromatic rings. The Morgan fingerprint density at radius 3 is 2.69 bits per heavy atom. The van der Waals surface area contributed by atoms with Crippen LogP contribution >= 0.6 is 15.9 Å². The molecular weight excluding hydrogens is 248 g/mol. The Kier molecular flexibility index (Phi) is 3.02. The molecule has 0 aliphatic rings. The van der Waals surface area contributed by atoms with Crippen molar-refractivity contribution >= 4 is 15.9 Å². The minimum atomic E-state index is -2.70. The molecule has 3 nitrogen and oxygen atoms in total. The van der Waals surface area contributed by atoms with Crippen molar-refractivity contribution in [2.24, 2.45) is 0 Å². The summed E-state index contributed by atoms with van der Waals surface area (Å²) in [5, 5.41) is 9.14. The van der Waals surface area contributed by atoms with Gasteiger partial charge in [-0.3, -0.25) is 0 Å². The Bertz CT molecular complexity index is 320. The van der Waals surface area contributed by atoms with Crippen LogP contribution in [0.1, 0.15) is 12.1 Å². The standard InChI is InChI=1S/C7H6BrF2NO2/c1-13-6-3(12)2-11-5(4(6)8)7(9)10/h2,7,12H,1H3. The zero-order chi connectivity index (χ0) is 10.0. The third-order valence-electron chi connectivity index (χ3n) is 1.39. The van der Waals surface area contributed by atoms with Crippen molar-refractivity contribution in [3.8, 4) is 11.5 Å². The van der Waals surface area contributed by atoms with E-state index in [1.807, 2.05) is 0 Å². The molecule has 0 bridgehead atoms. The van der Waals surface area contributed by atoms with E-state index < -0.39 is 12.1 Å². The SMILES string of the molecule is COc1c(O)cnc(C(F)F)c1Br. The number of halogens is 3. The highest BCUT2D eigenvalue weighted by molar-refractivity contribution is 9.10. The number of ether oxygens (including phenoxy) is 1. The first-order valence-electron chi connectivity index (χ1n) is 3.27. The van der Waals surface area contributed by atoms with E-state index in [0.717, 1.165) is 6.20 Å². The Labute approximate surface area is 81.5 Å². The predicted molar refractivity (Wildman–Crippen MR) is 45.1 cm³/mol. The van der Waals surface area contributed by atoms with Crippen LogP contribution in [0.2, 0.25) is 0 Å². The molecule has 1 aromatic heterocycles. The van der Waals surface area contributed by atoms with Crippen molar-refractivity contribution in [1.29, 1.82) is 0 Å². The van der Waals surface area contributed by atoms with Gasteiger partial charge in [0.25, 0.3) is 6.43 Å². The second kappa shape index (κ2) is 3.87. The van der Waals surface area contributed by atoms with Gasteiger partial charge < -0.3 is 9.84 Å². The monoisotopic (exact) mass is 253 g/mol. The quantitative estimate of drug-likeness (QED) is 0.881. The van der Waals surface area contributed by atoms with Crippen molar-refractivity contribution in [1.82, 2.24) is 4.98 Å². The predicted octanol–water partition coefficient (Wildman–Crippen LogP) is 2.50. The number of nitrogens with zero attached hydrogens (tertiary/aromatic N) is 1. The molecule has 0 saturated carbocycles. The van der Waals surface area contributed by atoms with Crippen LogP contribution in [0.3, 0.4) is 0 Å². The Hall–Kier alpha value is -0.910. The molecule has 0 unspecified atom stereocenters. The molecule has 1 rings (SSSR count). The number of aromatic hydroxyl groups is 1. The summed E-state index contributed by atoms with van der Waals surface area (Å²) in [4.78, 5) is 3.36. The minimum Gasteiger partial charge on any atom is -0.503 e. The summed E-state index contributed by atoms with van der Waals surface area (Å²) in [6.07, 6.45) is -1.78. The summed E-state index contributed by atoms with van der Waals surface area (Å²) in [6.45, 7) is 0. The van der Waals surface area contributed by atoms with E-state index in [0.29, 0.717) is 0 Å². The fraction of sp³-hybridized carbons (Fsp3) is 0.286. The number of hydrogen-bond donors (Lipinski definition) is 1. The Morgan fingerprint density at radius 1 is 1.62 bits per heavy atom. The topological polar surface area (TPSA) is 42.4 Å². The van der Waals surface area contributed by atoms with E-state index in [1.165, 1.54) is 7.11 Å². The van der Waals surface area contributed by atoms with Crippen molar-refractivity contribution in [2.75, 3.05) is 7.11 Å². The van der Waals surface area contributed by atoms with Crippen LogP contribution in [0.25, 0.3) is 0 Å². The lowest BCUT2D eigenvalue weighted by molar-refractivity contribution is 0.144. The smallest absolute Gasteiger partial charge is 0.281 e. The van der Waals surface area contributed by atoms with E-state index in [1.54, 1.807) is 0 Å². The molecule has 0 saturated heterocycles. The maximum atomic E-state index is 12.2. The average molecular weight is 254 g/mol. The highest BCUT2D eigenvalue weighted by Gasteiger charge is 2.19. The molecule has 6 heteroatoms. The first kappa shape index (κ1) is 10.2. The first-order valence-corrected chi connectivity index (χ1v) is 4.06. The molecule has 1 heterocycles. The van der Waals surface area contributed by atoms with Crippen LogP contribution in [-0.2, 0) is 0 Å². The third-order valence-corrected chi connectivity index (χ3v) is 2.16. The van der Waals surface area contributed by atoms with Gasteiger partial charge in [-0.05, 0) is 15.9 Å². The molecule has 13 heavy (non-hydrogen) atoms. The number of methoxy groups -OCH3 is 1. The molecule has 0 radical (unpaired) electrons. The number of pyridine rings is 1. The molecular formula is C7H6BrF2NO2. The van der Waals surface area contributed by atoms with Crippen LogP contribution in [-0.4, -0.2) is 17.2 Å². The summed E-state index contributed by atoms with van der Waals surface area (Å²) in [5.74, 6) is -0.316. The molecule has 0 atom stereocenters. The van der Waals surface area contributed by atoms with Gasteiger partial charge in [0.15, 0.2) is 11.5 Å². The summed E-state index contributed by atoms with van der Waals surface area (Å²) < 4.78 is 29.2. The van der Waals surface area contributed by atoms with Crippen LogP contribution in [0, 0.1) is 0 Å². The zero-order valence-corrected chi connectivity index (χ0v) is 8.18. The first-order chi connectivity index (χ1) is 6.07. The number of hydrogen-bond acceptors (Lipinski definition) is 3. The third kappa shape index (κ3) is 1.88. The molecule has 0 amide bonds. The summed E-state index contributed by atoms with van der Waals surface area (Å²) in [5.41, 5.74) is -0.449. The van der Waals surface area contributed by atoms with Gasteiger partial charge in [0.2, 0.25) is 0 Å². The second-order valence-electron chi connectivity index (χ2n) is 2.18. The molecule has 1 N–H and O–H groups in total. The lowest BCUT2D eigenvalue weighted by Crippen LogP contribution is -1.95. The number of aromatic nitrogens is 1. The molecule has 0 aromatic carbocycles. The van der Waals surface area contributed by atoms with E-state index in [2.05, 4.69) is 20.9 Å². The maximum Gasteiger partial charge on any atom is 0.281 e. The molecule has 72 valence electrons. The fourth-order valence-electron chi connectivity index (χ4n) is 0.821. The van der Waals surface area contributed by atoms with E-state index in [9.17, 15) is 8.78 Å². The summed E-state index contributed by atoms with van der Waals surface area (Å²) in [7, 11) is 1.27. The van der Waals surface area contributed by atoms with Crippen molar-refractivity contribution in [3.63, 3.8) is 0 Å². The van der Waals surface area contributed by atoms with Crippen molar-refractivity contribution in [2.45, 2.75) is 6.43 Å². The van der Waals surface area contributed by atoms with Crippen molar-refractivity contribution < 1.29 is 18.6 Å². The van der Waals surface area contributed by atoms with Crippen LogP contribution in [0.5, 0.6) is 11.5 Å². The molecule has 0 fully saturated rings. The lowest BCUT2D eigenvalue weighted by Gasteiger charge is -2.08. The van der Waals surface area contributed by atoms with Gasteiger partial charge in [-0.25, -0.2) is 13.8 Å². The van der Waals surface area contributed by atoms with Gasteiger partial charge in [0.05, 0.1) is 17.8 Å². The van der Waals surface area contributed by atoms with Crippen LogP contribution in [0.4, 0.5) is 8.78 Å². The highest BCUT2D eigenvalue weighted by Crippen LogP contribution is 2.38.